The highest BCUT2D eigenvalue weighted by atomic mass is 79.9. The van der Waals surface area contributed by atoms with Gasteiger partial charge in [0.15, 0.2) is 11.0 Å². The highest BCUT2D eigenvalue weighted by molar-refractivity contribution is 9.11. The van der Waals surface area contributed by atoms with Crippen LogP contribution in [0.25, 0.3) is 17.1 Å². The van der Waals surface area contributed by atoms with Gasteiger partial charge < -0.3 is 0 Å². The largest absolute Gasteiger partial charge is 0.272 e. The zero-order chi connectivity index (χ0) is 21.6. The number of thioether (sulfide) groups is 1. The molecular weight excluding hydrogens is 518 g/mol. The Morgan fingerprint density at radius 1 is 1.13 bits per heavy atom. The van der Waals surface area contributed by atoms with Crippen molar-refractivity contribution in [1.29, 1.82) is 0 Å². The lowest BCUT2D eigenvalue weighted by Crippen LogP contribution is -2.19. The van der Waals surface area contributed by atoms with Crippen LogP contribution in [0, 0.1) is 0 Å². The number of benzene rings is 2. The summed E-state index contributed by atoms with van der Waals surface area (Å²) in [5, 5.41) is 13.9. The average Bonchev–Trinajstić information content (AvgIpc) is 3.39. The van der Waals surface area contributed by atoms with Crippen molar-refractivity contribution in [3.63, 3.8) is 0 Å². The van der Waals surface area contributed by atoms with Crippen LogP contribution in [-0.2, 0) is 4.79 Å². The van der Waals surface area contributed by atoms with E-state index >= 15 is 0 Å². The maximum Gasteiger partial charge on any atom is 0.250 e. The number of halogens is 2. The maximum absolute atomic E-state index is 12.3. The number of nitrogens with zero attached hydrogens (tertiary/aromatic N) is 4. The lowest BCUT2D eigenvalue weighted by molar-refractivity contribution is -0.118. The number of hydrogen-bond acceptors (Lipinski definition) is 6. The van der Waals surface area contributed by atoms with Gasteiger partial charge >= 0.3 is 0 Å². The van der Waals surface area contributed by atoms with Crippen molar-refractivity contribution in [2.24, 2.45) is 5.10 Å². The standard InChI is InChI=1S/C21H15BrClN5OS2/c22-18-11-10-17(31-18)12-24-25-19(29)13-30-21-27-26-20(14-4-2-1-3-5-14)28(21)16-8-6-15(23)7-9-16/h1-12H,13H2,(H,25,29). The van der Waals surface area contributed by atoms with Gasteiger partial charge in [0.2, 0.25) is 0 Å². The van der Waals surface area contributed by atoms with Gasteiger partial charge in [-0.3, -0.25) is 9.36 Å². The van der Waals surface area contributed by atoms with Crippen molar-refractivity contribution in [2.75, 3.05) is 5.75 Å². The van der Waals surface area contributed by atoms with Gasteiger partial charge in [-0.2, -0.15) is 5.10 Å². The van der Waals surface area contributed by atoms with E-state index < -0.39 is 0 Å². The van der Waals surface area contributed by atoms with Gasteiger partial charge in [-0.15, -0.1) is 21.5 Å². The summed E-state index contributed by atoms with van der Waals surface area (Å²) in [4.78, 5) is 13.2. The molecule has 4 rings (SSSR count). The Bertz CT molecular complexity index is 1210. The van der Waals surface area contributed by atoms with E-state index in [9.17, 15) is 4.79 Å². The third-order valence-corrected chi connectivity index (χ3v) is 6.80. The molecule has 0 unspecified atom stereocenters. The van der Waals surface area contributed by atoms with E-state index in [0.717, 1.165) is 19.9 Å². The van der Waals surface area contributed by atoms with Gasteiger partial charge in [0.1, 0.15) is 0 Å². The van der Waals surface area contributed by atoms with Crippen LogP contribution in [-0.4, -0.2) is 32.6 Å². The Labute approximate surface area is 200 Å². The first-order chi connectivity index (χ1) is 15.1. The molecule has 0 fully saturated rings. The van der Waals surface area contributed by atoms with E-state index in [1.807, 2.05) is 71.3 Å². The van der Waals surface area contributed by atoms with Gasteiger partial charge in [0, 0.05) is 21.2 Å². The van der Waals surface area contributed by atoms with E-state index in [0.29, 0.717) is 16.0 Å². The quantitative estimate of drug-likeness (QED) is 0.190. The molecule has 1 amide bonds. The molecule has 4 aromatic rings. The average molecular weight is 533 g/mol. The Hall–Kier alpha value is -2.46. The highest BCUT2D eigenvalue weighted by Gasteiger charge is 2.17. The van der Waals surface area contributed by atoms with E-state index in [2.05, 4.69) is 36.7 Å². The molecule has 0 saturated carbocycles. The second kappa shape index (κ2) is 10.2. The van der Waals surface area contributed by atoms with E-state index in [4.69, 9.17) is 11.6 Å². The molecule has 156 valence electrons. The number of rotatable bonds is 7. The summed E-state index contributed by atoms with van der Waals surface area (Å²) in [5.74, 6) is 0.599. The predicted octanol–water partition coefficient (Wildman–Crippen LogP) is 5.65. The lowest BCUT2D eigenvalue weighted by atomic mass is 10.2. The molecule has 10 heteroatoms. The molecule has 2 aromatic heterocycles. The maximum atomic E-state index is 12.3. The molecule has 0 atom stereocenters. The zero-order valence-electron chi connectivity index (χ0n) is 15.9. The van der Waals surface area contributed by atoms with Crippen molar-refractivity contribution in [3.05, 3.63) is 80.4 Å². The van der Waals surface area contributed by atoms with Crippen LogP contribution < -0.4 is 5.43 Å². The molecule has 0 aliphatic heterocycles. The van der Waals surface area contributed by atoms with Crippen LogP contribution in [0.5, 0.6) is 0 Å². The second-order valence-electron chi connectivity index (χ2n) is 6.21. The first-order valence-electron chi connectivity index (χ1n) is 9.07. The SMILES string of the molecule is O=C(CSc1nnc(-c2ccccc2)n1-c1ccc(Cl)cc1)NN=Cc1ccc(Br)s1. The first kappa shape index (κ1) is 21.8. The van der Waals surface area contributed by atoms with Crippen LogP contribution in [0.3, 0.4) is 0 Å². The van der Waals surface area contributed by atoms with E-state index in [-0.39, 0.29) is 11.7 Å². The summed E-state index contributed by atoms with van der Waals surface area (Å²) >= 11 is 12.3. The Morgan fingerprint density at radius 3 is 2.61 bits per heavy atom. The fourth-order valence-corrected chi connectivity index (χ4v) is 4.85. The zero-order valence-corrected chi connectivity index (χ0v) is 19.9. The van der Waals surface area contributed by atoms with E-state index in [1.54, 1.807) is 6.21 Å². The third-order valence-electron chi connectivity index (χ3n) is 4.06. The molecule has 0 radical (unpaired) electrons. The smallest absolute Gasteiger partial charge is 0.250 e. The number of carbonyl (C=O) groups is 1. The first-order valence-corrected chi connectivity index (χ1v) is 12.0. The van der Waals surface area contributed by atoms with Crippen molar-refractivity contribution < 1.29 is 4.79 Å². The molecular formula is C21H15BrClN5OS2. The molecule has 1 N–H and O–H groups in total. The van der Waals surface area contributed by atoms with Gasteiger partial charge in [0.25, 0.3) is 5.91 Å². The minimum Gasteiger partial charge on any atom is -0.272 e. The van der Waals surface area contributed by atoms with Crippen LogP contribution in [0.2, 0.25) is 5.02 Å². The number of amides is 1. The topological polar surface area (TPSA) is 72.2 Å². The number of aromatic nitrogens is 3. The van der Waals surface area contributed by atoms with Crippen molar-refractivity contribution in [3.8, 4) is 17.1 Å². The lowest BCUT2D eigenvalue weighted by Gasteiger charge is -2.10. The Kier molecular flexibility index (Phi) is 7.18. The molecule has 0 spiro atoms. The molecule has 2 heterocycles. The summed E-state index contributed by atoms with van der Waals surface area (Å²) in [6.45, 7) is 0. The molecule has 0 aliphatic rings. The van der Waals surface area contributed by atoms with Crippen molar-refractivity contribution >= 4 is 62.8 Å². The molecule has 2 aromatic carbocycles. The number of nitrogens with one attached hydrogen (secondary N) is 1. The van der Waals surface area contributed by atoms with Gasteiger partial charge in [-0.1, -0.05) is 53.7 Å². The number of carbonyl (C=O) groups excluding carboxylic acids is 1. The van der Waals surface area contributed by atoms with Gasteiger partial charge in [-0.25, -0.2) is 5.43 Å². The van der Waals surface area contributed by atoms with Crippen LogP contribution in [0.1, 0.15) is 4.88 Å². The molecule has 0 bridgehead atoms. The van der Waals surface area contributed by atoms with E-state index in [1.165, 1.54) is 23.1 Å². The normalized spacial score (nSPS) is 11.2. The van der Waals surface area contributed by atoms with Crippen LogP contribution >= 0.6 is 50.6 Å². The fourth-order valence-electron chi connectivity index (χ4n) is 2.69. The third kappa shape index (κ3) is 5.62. The summed E-state index contributed by atoms with van der Waals surface area (Å²) < 4.78 is 2.92. The molecule has 31 heavy (non-hydrogen) atoms. The summed E-state index contributed by atoms with van der Waals surface area (Å²) in [5.41, 5.74) is 4.32. The minimum atomic E-state index is -0.233. The predicted molar refractivity (Wildman–Crippen MR) is 130 cm³/mol. The Balaban J connectivity index is 1.51. The molecule has 0 saturated heterocycles. The van der Waals surface area contributed by atoms with Crippen molar-refractivity contribution in [2.45, 2.75) is 5.16 Å². The Morgan fingerprint density at radius 2 is 1.90 bits per heavy atom. The van der Waals surface area contributed by atoms with Crippen molar-refractivity contribution in [1.82, 2.24) is 20.2 Å². The van der Waals surface area contributed by atoms with Gasteiger partial charge in [-0.05, 0) is 52.3 Å². The fraction of sp³-hybridized carbons (Fsp3) is 0.0476. The summed E-state index contributed by atoms with van der Waals surface area (Å²) in [7, 11) is 0. The highest BCUT2D eigenvalue weighted by Crippen LogP contribution is 2.28. The van der Waals surface area contributed by atoms with Gasteiger partial charge in [0.05, 0.1) is 15.8 Å². The van der Waals surface area contributed by atoms with Crippen LogP contribution in [0.4, 0.5) is 0 Å². The molecule has 0 aliphatic carbocycles. The second-order valence-corrected chi connectivity index (χ2v) is 10.1. The van der Waals surface area contributed by atoms with Crippen LogP contribution in [0.15, 0.2) is 80.8 Å². The monoisotopic (exact) mass is 531 g/mol. The summed E-state index contributed by atoms with van der Waals surface area (Å²) in [6.07, 6.45) is 1.61. The number of hydrazone groups is 1. The number of hydrogen-bond donors (Lipinski definition) is 1. The summed E-state index contributed by atoms with van der Waals surface area (Å²) in [6, 6.07) is 21.0. The minimum absolute atomic E-state index is 0.145. The number of thiophene rings is 1. The molecule has 6 nitrogen and oxygen atoms in total.